The Morgan fingerprint density at radius 1 is 1.59 bits per heavy atom. The molecule has 0 unspecified atom stereocenters. The number of carbonyl (C=O) groups excluding carboxylic acids is 1. The summed E-state index contributed by atoms with van der Waals surface area (Å²) in [5, 5.41) is 0. The van der Waals surface area contributed by atoms with Crippen molar-refractivity contribution < 1.29 is 4.79 Å². The summed E-state index contributed by atoms with van der Waals surface area (Å²) < 4.78 is 2.07. The average Bonchev–Trinajstić information content (AvgIpc) is 2.66. The fourth-order valence-electron chi connectivity index (χ4n) is 2.48. The van der Waals surface area contributed by atoms with E-state index in [-0.39, 0.29) is 11.2 Å². The van der Waals surface area contributed by atoms with E-state index in [1.54, 1.807) is 6.20 Å². The topological polar surface area (TPSA) is 60.9 Å². The fourth-order valence-corrected chi connectivity index (χ4v) is 2.48. The van der Waals surface area contributed by atoms with E-state index in [1.165, 1.54) is 0 Å². The van der Waals surface area contributed by atoms with E-state index in [9.17, 15) is 4.79 Å². The van der Waals surface area contributed by atoms with Crippen LogP contribution in [0.2, 0.25) is 0 Å². The van der Waals surface area contributed by atoms with Crippen LogP contribution in [0.4, 0.5) is 0 Å². The van der Waals surface area contributed by atoms with Gasteiger partial charge in [-0.3, -0.25) is 4.79 Å². The second kappa shape index (κ2) is 5.00. The number of aromatic nitrogens is 2. The summed E-state index contributed by atoms with van der Waals surface area (Å²) in [5.41, 5.74) is 5.51. The molecule has 17 heavy (non-hydrogen) atoms. The number of aryl methyl sites for hydroxylation is 1. The van der Waals surface area contributed by atoms with Crippen LogP contribution in [0.25, 0.3) is 0 Å². The Balaban J connectivity index is 2.05. The summed E-state index contributed by atoms with van der Waals surface area (Å²) in [6.07, 6.45) is 8.25. The van der Waals surface area contributed by atoms with Gasteiger partial charge < -0.3 is 10.3 Å². The zero-order valence-corrected chi connectivity index (χ0v) is 10.5. The van der Waals surface area contributed by atoms with Gasteiger partial charge >= 0.3 is 0 Å². The maximum atomic E-state index is 12.3. The molecule has 1 aromatic heterocycles. The predicted octanol–water partition coefficient (Wildman–Crippen LogP) is 1.53. The SMILES string of the molecule is CCCn1ccnc1CC(=O)C1(CN)CCC1. The molecule has 94 valence electrons. The molecule has 1 aliphatic rings. The smallest absolute Gasteiger partial charge is 0.147 e. The van der Waals surface area contributed by atoms with Crippen molar-refractivity contribution >= 4 is 5.78 Å². The minimum absolute atomic E-state index is 0.233. The molecule has 0 radical (unpaired) electrons. The highest BCUT2D eigenvalue weighted by Crippen LogP contribution is 2.41. The first-order valence-corrected chi connectivity index (χ1v) is 6.45. The Morgan fingerprint density at radius 2 is 2.35 bits per heavy atom. The number of Topliss-reactive ketones (excluding diaryl/α,β-unsaturated/α-hetero) is 1. The number of nitrogens with two attached hydrogens (primary N) is 1. The Kier molecular flexibility index (Phi) is 3.62. The Bertz CT molecular complexity index is 388. The predicted molar refractivity (Wildman–Crippen MR) is 66.6 cm³/mol. The Hall–Kier alpha value is -1.16. The van der Waals surface area contributed by atoms with Gasteiger partial charge in [-0.05, 0) is 19.3 Å². The number of nitrogens with zero attached hydrogens (tertiary/aromatic N) is 2. The first-order chi connectivity index (χ1) is 8.22. The molecule has 2 rings (SSSR count). The second-order valence-electron chi connectivity index (χ2n) is 4.97. The van der Waals surface area contributed by atoms with Crippen LogP contribution in [0.3, 0.4) is 0 Å². The molecular formula is C13H21N3O. The average molecular weight is 235 g/mol. The highest BCUT2D eigenvalue weighted by Gasteiger charge is 2.42. The molecule has 1 heterocycles. The minimum atomic E-state index is -0.233. The number of hydrogen-bond donors (Lipinski definition) is 1. The molecule has 0 atom stereocenters. The molecule has 0 saturated heterocycles. The van der Waals surface area contributed by atoms with Crippen molar-refractivity contribution in [3.8, 4) is 0 Å². The zero-order valence-electron chi connectivity index (χ0n) is 10.5. The van der Waals surface area contributed by atoms with Crippen LogP contribution in [0.1, 0.15) is 38.4 Å². The van der Waals surface area contributed by atoms with Gasteiger partial charge in [0, 0.05) is 30.9 Å². The van der Waals surface area contributed by atoms with Crippen molar-refractivity contribution in [3.05, 3.63) is 18.2 Å². The molecule has 1 fully saturated rings. The van der Waals surface area contributed by atoms with E-state index < -0.39 is 0 Å². The summed E-state index contributed by atoms with van der Waals surface area (Å²) in [7, 11) is 0. The van der Waals surface area contributed by atoms with Crippen molar-refractivity contribution in [1.29, 1.82) is 0 Å². The lowest BCUT2D eigenvalue weighted by Crippen LogP contribution is -2.45. The molecule has 0 bridgehead atoms. The van der Waals surface area contributed by atoms with Gasteiger partial charge in [-0.2, -0.15) is 0 Å². The van der Waals surface area contributed by atoms with E-state index >= 15 is 0 Å². The first kappa shape index (κ1) is 12.3. The lowest BCUT2D eigenvalue weighted by molar-refractivity contribution is -0.132. The van der Waals surface area contributed by atoms with Gasteiger partial charge in [-0.1, -0.05) is 13.3 Å². The van der Waals surface area contributed by atoms with E-state index in [2.05, 4.69) is 16.5 Å². The van der Waals surface area contributed by atoms with Crippen LogP contribution in [0, 0.1) is 5.41 Å². The van der Waals surface area contributed by atoms with Crippen LogP contribution in [0.5, 0.6) is 0 Å². The summed E-state index contributed by atoms with van der Waals surface area (Å²) in [5.74, 6) is 1.16. The maximum Gasteiger partial charge on any atom is 0.147 e. The van der Waals surface area contributed by atoms with E-state index in [1.807, 2.05) is 6.20 Å². The number of carbonyl (C=O) groups is 1. The van der Waals surface area contributed by atoms with Crippen molar-refractivity contribution in [2.75, 3.05) is 6.54 Å². The molecule has 0 aromatic carbocycles. The van der Waals surface area contributed by atoms with Crippen molar-refractivity contribution in [2.24, 2.45) is 11.1 Å². The lowest BCUT2D eigenvalue weighted by atomic mass is 9.65. The van der Waals surface area contributed by atoms with Crippen LogP contribution >= 0.6 is 0 Å². The molecule has 4 heteroatoms. The molecule has 1 saturated carbocycles. The number of hydrogen-bond acceptors (Lipinski definition) is 3. The fraction of sp³-hybridized carbons (Fsp3) is 0.692. The van der Waals surface area contributed by atoms with Crippen LogP contribution < -0.4 is 5.73 Å². The molecule has 1 aliphatic carbocycles. The zero-order chi connectivity index (χ0) is 12.3. The Labute approximate surface area is 102 Å². The summed E-state index contributed by atoms with van der Waals surface area (Å²) in [6, 6.07) is 0. The third-order valence-electron chi connectivity index (χ3n) is 3.88. The first-order valence-electron chi connectivity index (χ1n) is 6.45. The van der Waals surface area contributed by atoms with Crippen molar-refractivity contribution in [2.45, 2.75) is 45.6 Å². The lowest BCUT2D eigenvalue weighted by Gasteiger charge is -2.39. The number of rotatable bonds is 6. The van der Waals surface area contributed by atoms with Gasteiger partial charge in [0.1, 0.15) is 11.6 Å². The molecule has 2 N–H and O–H groups in total. The van der Waals surface area contributed by atoms with Gasteiger partial charge in [0.2, 0.25) is 0 Å². The van der Waals surface area contributed by atoms with Crippen molar-refractivity contribution in [3.63, 3.8) is 0 Å². The molecule has 0 spiro atoms. The highest BCUT2D eigenvalue weighted by atomic mass is 16.1. The maximum absolute atomic E-state index is 12.3. The third-order valence-corrected chi connectivity index (χ3v) is 3.88. The number of ketones is 1. The standard InChI is InChI=1S/C13H21N3O/c1-2-7-16-8-6-15-12(16)9-11(17)13(10-14)4-3-5-13/h6,8H,2-5,7,9-10,14H2,1H3. The Morgan fingerprint density at radius 3 is 2.88 bits per heavy atom. The van der Waals surface area contributed by atoms with Crippen molar-refractivity contribution in [1.82, 2.24) is 9.55 Å². The summed E-state index contributed by atoms with van der Waals surface area (Å²) >= 11 is 0. The highest BCUT2D eigenvalue weighted by molar-refractivity contribution is 5.87. The monoisotopic (exact) mass is 235 g/mol. The second-order valence-corrected chi connectivity index (χ2v) is 4.97. The number of imidazole rings is 1. The molecule has 0 aliphatic heterocycles. The molecule has 4 nitrogen and oxygen atoms in total. The van der Waals surface area contributed by atoms with E-state index in [0.717, 1.165) is 38.1 Å². The van der Waals surface area contributed by atoms with Gasteiger partial charge in [-0.25, -0.2) is 4.98 Å². The molecule has 1 aromatic rings. The van der Waals surface area contributed by atoms with Gasteiger partial charge in [0.25, 0.3) is 0 Å². The van der Waals surface area contributed by atoms with Crippen LogP contribution in [-0.2, 0) is 17.8 Å². The van der Waals surface area contributed by atoms with Gasteiger partial charge in [-0.15, -0.1) is 0 Å². The molecule has 0 amide bonds. The largest absolute Gasteiger partial charge is 0.335 e. The van der Waals surface area contributed by atoms with Gasteiger partial charge in [0.15, 0.2) is 0 Å². The summed E-state index contributed by atoms with van der Waals surface area (Å²) in [6.45, 7) is 3.54. The minimum Gasteiger partial charge on any atom is -0.335 e. The molecular weight excluding hydrogens is 214 g/mol. The third kappa shape index (κ3) is 2.27. The quantitative estimate of drug-likeness (QED) is 0.813. The van der Waals surface area contributed by atoms with Crippen LogP contribution in [-0.4, -0.2) is 21.9 Å². The normalized spacial score (nSPS) is 17.8. The van der Waals surface area contributed by atoms with E-state index in [4.69, 9.17) is 5.73 Å². The van der Waals surface area contributed by atoms with Crippen LogP contribution in [0.15, 0.2) is 12.4 Å². The van der Waals surface area contributed by atoms with E-state index in [0.29, 0.717) is 13.0 Å². The van der Waals surface area contributed by atoms with Gasteiger partial charge in [0.05, 0.1) is 6.42 Å². The summed E-state index contributed by atoms with van der Waals surface area (Å²) in [4.78, 5) is 16.6.